The van der Waals surface area contributed by atoms with Crippen LogP contribution in [0.4, 0.5) is 0 Å². The Morgan fingerprint density at radius 3 is 0.908 bits per heavy atom. The summed E-state index contributed by atoms with van der Waals surface area (Å²) in [4.78, 5) is 72.9. The first-order valence-corrected chi connectivity index (χ1v) is 42.7. The van der Waals surface area contributed by atoms with E-state index >= 15 is 0 Å². The number of phosphoric ester groups is 2. The highest BCUT2D eigenvalue weighted by Crippen LogP contribution is 2.45. The standard InChI is InChI=1S/C79H146O17P2/c1-7-10-12-14-16-18-20-22-24-28-32-36-43-49-55-61-76(81)89-67-74(95-79(84)64-58-52-46-38-34-30-26-27-31-35-41-47-53-59-71(4)5)69-93-97(85,86)91-65-73(80)66-92-98(87,88)94-70-75(68-90-77(82)62-56-50-44-40-39-42-48-54-60-72(6)9-3)96-78(83)63-57-51-45-37-33-29-25-23-21-19-17-15-13-11-8-2/h18-25,71-75,80H,7-17,26-70H2,1-6H3,(H,85,86)(H,87,88)/b20-18-,21-19-,24-22-,25-23-/t72?,73-,74-,75-/m1/s1. The number of aliphatic hydroxyl groups is 1. The number of ether oxygens (including phenoxy) is 4. The van der Waals surface area contributed by atoms with Gasteiger partial charge in [0.15, 0.2) is 12.2 Å². The number of aliphatic hydroxyl groups excluding tert-OH is 1. The average Bonchev–Trinajstić information content (AvgIpc) is 0.991. The predicted octanol–water partition coefficient (Wildman–Crippen LogP) is 22.6. The van der Waals surface area contributed by atoms with Gasteiger partial charge in [-0.25, -0.2) is 9.13 Å². The largest absolute Gasteiger partial charge is 0.472 e. The van der Waals surface area contributed by atoms with Crippen molar-refractivity contribution in [1.82, 2.24) is 0 Å². The normalized spacial score (nSPS) is 14.6. The van der Waals surface area contributed by atoms with E-state index in [0.29, 0.717) is 25.7 Å². The third-order valence-corrected chi connectivity index (χ3v) is 19.5. The number of esters is 4. The lowest BCUT2D eigenvalue weighted by molar-refractivity contribution is -0.161. The Bertz CT molecular complexity index is 2080. The highest BCUT2D eigenvalue weighted by Gasteiger charge is 2.30. The van der Waals surface area contributed by atoms with Crippen molar-refractivity contribution < 1.29 is 80.2 Å². The molecule has 0 aliphatic rings. The van der Waals surface area contributed by atoms with Gasteiger partial charge in [-0.05, 0) is 88.9 Å². The van der Waals surface area contributed by atoms with Gasteiger partial charge in [0, 0.05) is 25.7 Å². The van der Waals surface area contributed by atoms with Crippen LogP contribution in [0, 0.1) is 11.8 Å². The monoisotopic (exact) mass is 1430 g/mol. The third-order valence-electron chi connectivity index (χ3n) is 17.6. The molecule has 0 heterocycles. The number of carbonyl (C=O) groups excluding carboxylic acids is 4. The summed E-state index contributed by atoms with van der Waals surface area (Å²) in [5, 5.41) is 10.6. The van der Waals surface area contributed by atoms with Crippen molar-refractivity contribution in [2.75, 3.05) is 39.6 Å². The average molecular weight is 1430 g/mol. The molecule has 0 saturated carbocycles. The van der Waals surface area contributed by atoms with Crippen molar-refractivity contribution in [1.29, 1.82) is 0 Å². The number of carbonyl (C=O) groups is 4. The first-order valence-electron chi connectivity index (χ1n) is 39.7. The lowest BCUT2D eigenvalue weighted by Crippen LogP contribution is -2.30. The van der Waals surface area contributed by atoms with E-state index in [1.54, 1.807) is 0 Å². The highest BCUT2D eigenvalue weighted by atomic mass is 31.2. The van der Waals surface area contributed by atoms with E-state index in [4.69, 9.17) is 37.0 Å². The van der Waals surface area contributed by atoms with E-state index in [-0.39, 0.29) is 25.7 Å². The number of allylic oxidation sites excluding steroid dienone is 8. The summed E-state index contributed by atoms with van der Waals surface area (Å²) in [5.41, 5.74) is 0. The van der Waals surface area contributed by atoms with Gasteiger partial charge >= 0.3 is 39.5 Å². The SMILES string of the molecule is CCCCCC/C=C\C=C/CCCCCCCC(=O)OC[C@H](COP(=O)(O)OC[C@@H](O)COP(=O)(O)OC[C@@H](COC(=O)CCCCCCCCCCC(C)CC)OC(=O)CCCCCCC/C=C\C=C/CCCCCC)OC(=O)CCCCCCCCCCCCCCCC(C)C. The van der Waals surface area contributed by atoms with Crippen LogP contribution in [0.15, 0.2) is 48.6 Å². The maximum atomic E-state index is 13.1. The maximum absolute atomic E-state index is 13.1. The molecule has 0 aromatic rings. The molecule has 0 saturated heterocycles. The second-order valence-corrected chi connectivity index (χ2v) is 30.7. The van der Waals surface area contributed by atoms with Gasteiger partial charge in [-0.15, -0.1) is 0 Å². The first kappa shape index (κ1) is 95.0. The minimum absolute atomic E-state index is 0.0822. The molecule has 0 aliphatic carbocycles. The van der Waals surface area contributed by atoms with Crippen LogP contribution in [-0.2, 0) is 65.4 Å². The lowest BCUT2D eigenvalue weighted by Gasteiger charge is -2.21. The molecule has 6 atom stereocenters. The van der Waals surface area contributed by atoms with E-state index in [2.05, 4.69) is 90.2 Å². The smallest absolute Gasteiger partial charge is 0.462 e. The Kier molecular flexibility index (Phi) is 67.6. The van der Waals surface area contributed by atoms with E-state index in [1.165, 1.54) is 148 Å². The van der Waals surface area contributed by atoms with Crippen molar-refractivity contribution in [3.05, 3.63) is 48.6 Å². The molecule has 0 aromatic carbocycles. The Morgan fingerprint density at radius 2 is 0.602 bits per heavy atom. The Balaban J connectivity index is 5.34. The van der Waals surface area contributed by atoms with Crippen molar-refractivity contribution in [3.8, 4) is 0 Å². The molecule has 0 spiro atoms. The van der Waals surface area contributed by atoms with Crippen LogP contribution in [0.25, 0.3) is 0 Å². The quantitative estimate of drug-likeness (QED) is 0.0169. The van der Waals surface area contributed by atoms with Gasteiger partial charge in [0.05, 0.1) is 26.4 Å². The van der Waals surface area contributed by atoms with Crippen LogP contribution >= 0.6 is 15.6 Å². The Labute approximate surface area is 597 Å². The molecule has 19 heteroatoms. The number of unbranched alkanes of at least 4 members (excludes halogenated alkanes) is 37. The van der Waals surface area contributed by atoms with Crippen LogP contribution < -0.4 is 0 Å². The van der Waals surface area contributed by atoms with Gasteiger partial charge in [0.25, 0.3) is 0 Å². The fraction of sp³-hybridized carbons (Fsp3) is 0.848. The lowest BCUT2D eigenvalue weighted by atomic mass is 9.99. The van der Waals surface area contributed by atoms with Crippen molar-refractivity contribution >= 4 is 39.5 Å². The van der Waals surface area contributed by atoms with Gasteiger partial charge in [-0.2, -0.15) is 0 Å². The zero-order valence-corrected chi connectivity index (χ0v) is 64.8. The second kappa shape index (κ2) is 69.7. The highest BCUT2D eigenvalue weighted by molar-refractivity contribution is 7.47. The molecule has 0 rings (SSSR count). The summed E-state index contributed by atoms with van der Waals surface area (Å²) in [5.74, 6) is -0.617. The van der Waals surface area contributed by atoms with Gasteiger partial charge in [0.2, 0.25) is 0 Å². The molecule has 574 valence electrons. The maximum Gasteiger partial charge on any atom is 0.472 e. The third kappa shape index (κ3) is 70.1. The molecule has 0 fully saturated rings. The van der Waals surface area contributed by atoms with Crippen LogP contribution in [0.3, 0.4) is 0 Å². The summed E-state index contributed by atoms with van der Waals surface area (Å²) in [6.45, 7) is 9.50. The summed E-state index contributed by atoms with van der Waals surface area (Å²) in [6, 6.07) is 0. The van der Waals surface area contributed by atoms with Gasteiger partial charge in [-0.3, -0.25) is 37.3 Å². The van der Waals surface area contributed by atoms with Gasteiger partial charge < -0.3 is 33.8 Å². The molecule has 17 nitrogen and oxygen atoms in total. The first-order chi connectivity index (χ1) is 47.4. The van der Waals surface area contributed by atoms with Crippen molar-refractivity contribution in [2.45, 2.75) is 381 Å². The fourth-order valence-electron chi connectivity index (χ4n) is 11.1. The van der Waals surface area contributed by atoms with Gasteiger partial charge in [0.1, 0.15) is 19.3 Å². The van der Waals surface area contributed by atoms with Crippen molar-refractivity contribution in [2.24, 2.45) is 11.8 Å². The summed E-state index contributed by atoms with van der Waals surface area (Å²) < 4.78 is 68.6. The number of hydrogen-bond donors (Lipinski definition) is 3. The van der Waals surface area contributed by atoms with Crippen LogP contribution in [0.5, 0.6) is 0 Å². The number of rotatable bonds is 74. The van der Waals surface area contributed by atoms with Gasteiger partial charge in [-0.1, -0.05) is 308 Å². The molecular weight excluding hydrogens is 1280 g/mol. The second-order valence-electron chi connectivity index (χ2n) is 27.8. The van der Waals surface area contributed by atoms with Crippen molar-refractivity contribution in [3.63, 3.8) is 0 Å². The molecule has 0 radical (unpaired) electrons. The zero-order chi connectivity index (χ0) is 72.1. The minimum atomic E-state index is -4.97. The summed E-state index contributed by atoms with van der Waals surface area (Å²) >= 11 is 0. The number of phosphoric acid groups is 2. The summed E-state index contributed by atoms with van der Waals surface area (Å²) in [7, 11) is -9.94. The summed E-state index contributed by atoms with van der Waals surface area (Å²) in [6.07, 6.45) is 63.9. The number of hydrogen-bond acceptors (Lipinski definition) is 15. The Hall–Kier alpha value is -2.98. The molecule has 98 heavy (non-hydrogen) atoms. The van der Waals surface area contributed by atoms with E-state index in [0.717, 1.165) is 134 Å². The fourth-order valence-corrected chi connectivity index (χ4v) is 12.6. The predicted molar refractivity (Wildman–Crippen MR) is 400 cm³/mol. The molecular formula is C79H146O17P2. The Morgan fingerprint density at radius 1 is 0.337 bits per heavy atom. The molecule has 3 unspecified atom stereocenters. The van der Waals surface area contributed by atoms with Crippen LogP contribution in [0.2, 0.25) is 0 Å². The minimum Gasteiger partial charge on any atom is -0.462 e. The van der Waals surface area contributed by atoms with E-state index in [1.807, 2.05) is 0 Å². The molecule has 0 bridgehead atoms. The molecule has 0 aliphatic heterocycles. The zero-order valence-electron chi connectivity index (χ0n) is 63.1. The van der Waals surface area contributed by atoms with E-state index in [9.17, 15) is 43.2 Å². The van der Waals surface area contributed by atoms with Crippen LogP contribution in [0.1, 0.15) is 363 Å². The molecule has 0 aromatic heterocycles. The molecule has 3 N–H and O–H groups in total. The topological polar surface area (TPSA) is 237 Å². The van der Waals surface area contributed by atoms with E-state index < -0.39 is 97.5 Å². The van der Waals surface area contributed by atoms with Crippen LogP contribution in [-0.4, -0.2) is 96.7 Å². The molecule has 0 amide bonds.